The molecule has 2 aromatic carbocycles. The number of hydrogen-bond acceptors (Lipinski definition) is 3. The summed E-state index contributed by atoms with van der Waals surface area (Å²) >= 11 is 5.89. The molecule has 1 N–H and O–H groups in total. The van der Waals surface area contributed by atoms with Crippen LogP contribution >= 0.6 is 11.6 Å². The summed E-state index contributed by atoms with van der Waals surface area (Å²) in [6.07, 6.45) is 0. The molecule has 0 atom stereocenters. The van der Waals surface area contributed by atoms with Crippen molar-refractivity contribution in [1.82, 2.24) is 0 Å². The monoisotopic (exact) mass is 327 g/mol. The maximum atomic E-state index is 12.1. The van der Waals surface area contributed by atoms with Gasteiger partial charge in [0.05, 0.1) is 0 Å². The van der Waals surface area contributed by atoms with Crippen LogP contribution < -0.4 is 10.1 Å². The van der Waals surface area contributed by atoms with Crippen molar-refractivity contribution in [2.75, 3.05) is 5.32 Å². The summed E-state index contributed by atoms with van der Waals surface area (Å²) in [4.78, 5) is 12.1. The summed E-state index contributed by atoms with van der Waals surface area (Å²) in [5.74, 6) is 1.14. The molecule has 0 bridgehead atoms. The fourth-order valence-corrected chi connectivity index (χ4v) is 2.18. The normalized spacial score (nSPS) is 10.3. The van der Waals surface area contributed by atoms with Crippen molar-refractivity contribution in [2.24, 2.45) is 0 Å². The van der Waals surface area contributed by atoms with Gasteiger partial charge in [-0.15, -0.1) is 0 Å². The Morgan fingerprint density at radius 2 is 1.87 bits per heavy atom. The van der Waals surface area contributed by atoms with Gasteiger partial charge >= 0.3 is 0 Å². The molecule has 4 nitrogen and oxygen atoms in total. The van der Waals surface area contributed by atoms with Gasteiger partial charge in [-0.25, -0.2) is 0 Å². The first-order valence-corrected chi connectivity index (χ1v) is 7.42. The molecule has 1 amide bonds. The second kappa shape index (κ2) is 7.03. The summed E-state index contributed by atoms with van der Waals surface area (Å²) in [5.41, 5.74) is 0.714. The Kier molecular flexibility index (Phi) is 4.64. The summed E-state index contributed by atoms with van der Waals surface area (Å²) in [7, 11) is 0. The lowest BCUT2D eigenvalue weighted by atomic mass is 10.3. The smallest absolute Gasteiger partial charge is 0.291 e. The van der Waals surface area contributed by atoms with Gasteiger partial charge in [0.25, 0.3) is 5.91 Å². The largest absolute Gasteiger partial charge is 0.486 e. The molecule has 0 saturated carbocycles. The van der Waals surface area contributed by atoms with Crippen molar-refractivity contribution in [3.05, 3.63) is 83.3 Å². The third kappa shape index (κ3) is 4.14. The van der Waals surface area contributed by atoms with Crippen molar-refractivity contribution in [2.45, 2.75) is 6.61 Å². The number of halogens is 1. The summed E-state index contributed by atoms with van der Waals surface area (Å²) < 4.78 is 11.1. The van der Waals surface area contributed by atoms with Crippen LogP contribution in [0.4, 0.5) is 5.69 Å². The third-order valence-corrected chi connectivity index (χ3v) is 3.33. The number of benzene rings is 2. The molecule has 116 valence electrons. The van der Waals surface area contributed by atoms with Crippen LogP contribution in [0.15, 0.2) is 71.1 Å². The van der Waals surface area contributed by atoms with E-state index in [-0.39, 0.29) is 18.3 Å². The maximum Gasteiger partial charge on any atom is 0.291 e. The molecule has 0 radical (unpaired) electrons. The van der Waals surface area contributed by atoms with Gasteiger partial charge in [0.1, 0.15) is 18.1 Å². The number of anilines is 1. The van der Waals surface area contributed by atoms with Crippen LogP contribution in [-0.2, 0) is 6.61 Å². The summed E-state index contributed by atoms with van der Waals surface area (Å²) in [6, 6.07) is 19.6. The van der Waals surface area contributed by atoms with E-state index in [0.717, 1.165) is 0 Å². The molecular formula is C18H14ClNO3. The fraction of sp³-hybridized carbons (Fsp3) is 0.0556. The van der Waals surface area contributed by atoms with Crippen molar-refractivity contribution in [3.63, 3.8) is 0 Å². The molecule has 1 aromatic heterocycles. The van der Waals surface area contributed by atoms with Gasteiger partial charge in [0.15, 0.2) is 5.76 Å². The Hall–Kier alpha value is -2.72. The van der Waals surface area contributed by atoms with Gasteiger partial charge in [0.2, 0.25) is 0 Å². The maximum absolute atomic E-state index is 12.1. The van der Waals surface area contributed by atoms with E-state index in [0.29, 0.717) is 22.2 Å². The molecule has 0 unspecified atom stereocenters. The van der Waals surface area contributed by atoms with Crippen molar-refractivity contribution >= 4 is 23.2 Å². The number of nitrogens with one attached hydrogen (secondary N) is 1. The minimum absolute atomic E-state index is 0.221. The van der Waals surface area contributed by atoms with Crippen LogP contribution in [0.25, 0.3) is 0 Å². The predicted octanol–water partition coefficient (Wildman–Crippen LogP) is 4.76. The number of carbonyl (C=O) groups excluding carboxylic acids is 1. The number of rotatable bonds is 5. The molecule has 0 spiro atoms. The Bertz CT molecular complexity index is 799. The average molecular weight is 328 g/mol. The van der Waals surface area contributed by atoms with E-state index in [4.69, 9.17) is 20.8 Å². The number of carbonyl (C=O) groups is 1. The molecule has 5 heteroatoms. The van der Waals surface area contributed by atoms with Crippen LogP contribution in [0, 0.1) is 0 Å². The number of furan rings is 1. The van der Waals surface area contributed by atoms with E-state index in [1.165, 1.54) is 0 Å². The highest BCUT2D eigenvalue weighted by atomic mass is 35.5. The van der Waals surface area contributed by atoms with Gasteiger partial charge < -0.3 is 14.5 Å². The quantitative estimate of drug-likeness (QED) is 0.734. The van der Waals surface area contributed by atoms with Crippen LogP contribution in [0.1, 0.15) is 16.3 Å². The number of amides is 1. The van der Waals surface area contributed by atoms with Gasteiger partial charge in [-0.3, -0.25) is 4.79 Å². The topological polar surface area (TPSA) is 51.5 Å². The molecule has 1 heterocycles. The first kappa shape index (κ1) is 15.2. The second-order valence-electron chi connectivity index (χ2n) is 4.83. The van der Waals surface area contributed by atoms with E-state index in [1.54, 1.807) is 36.4 Å². The minimum Gasteiger partial charge on any atom is -0.486 e. The zero-order valence-corrected chi connectivity index (χ0v) is 12.9. The molecule has 3 rings (SSSR count). The minimum atomic E-state index is -0.301. The highest BCUT2D eigenvalue weighted by molar-refractivity contribution is 6.30. The highest BCUT2D eigenvalue weighted by Gasteiger charge is 2.11. The lowest BCUT2D eigenvalue weighted by molar-refractivity contribution is 0.0992. The van der Waals surface area contributed by atoms with Crippen LogP contribution in [0.2, 0.25) is 5.02 Å². The molecule has 23 heavy (non-hydrogen) atoms. The summed E-state index contributed by atoms with van der Waals surface area (Å²) in [6.45, 7) is 0.221. The summed E-state index contributed by atoms with van der Waals surface area (Å²) in [5, 5.41) is 3.36. The van der Waals surface area contributed by atoms with Crippen molar-refractivity contribution in [1.29, 1.82) is 0 Å². The first-order valence-electron chi connectivity index (χ1n) is 7.04. The number of ether oxygens (including phenoxy) is 1. The Morgan fingerprint density at radius 1 is 1.04 bits per heavy atom. The van der Waals surface area contributed by atoms with Gasteiger partial charge in [-0.1, -0.05) is 35.9 Å². The molecule has 0 fully saturated rings. The Labute approximate surface area is 138 Å². The standard InChI is InChI=1S/C18H14ClNO3/c19-13-5-4-8-15(11-13)22-12-16-9-10-17(23-16)18(21)20-14-6-2-1-3-7-14/h1-11H,12H2,(H,20,21). The molecule has 0 aliphatic carbocycles. The van der Waals surface area contributed by atoms with Crippen LogP contribution in [0.3, 0.4) is 0 Å². The van der Waals surface area contributed by atoms with E-state index in [1.807, 2.05) is 30.3 Å². The third-order valence-electron chi connectivity index (χ3n) is 3.09. The van der Waals surface area contributed by atoms with E-state index in [9.17, 15) is 4.79 Å². The average Bonchev–Trinajstić information content (AvgIpc) is 3.03. The number of para-hydroxylation sites is 1. The van der Waals surface area contributed by atoms with Crippen LogP contribution in [0.5, 0.6) is 5.75 Å². The predicted molar refractivity (Wildman–Crippen MR) is 88.9 cm³/mol. The van der Waals surface area contributed by atoms with Crippen molar-refractivity contribution < 1.29 is 13.9 Å². The molecule has 3 aromatic rings. The van der Waals surface area contributed by atoms with Gasteiger partial charge in [-0.2, -0.15) is 0 Å². The highest BCUT2D eigenvalue weighted by Crippen LogP contribution is 2.19. The molecule has 0 aliphatic heterocycles. The second-order valence-corrected chi connectivity index (χ2v) is 5.27. The zero-order chi connectivity index (χ0) is 16.1. The van der Waals surface area contributed by atoms with E-state index < -0.39 is 0 Å². The SMILES string of the molecule is O=C(Nc1ccccc1)c1ccc(COc2cccc(Cl)c2)o1. The number of hydrogen-bond donors (Lipinski definition) is 1. The van der Waals surface area contributed by atoms with E-state index in [2.05, 4.69) is 5.32 Å². The molecule has 0 aliphatic rings. The van der Waals surface area contributed by atoms with E-state index >= 15 is 0 Å². The van der Waals surface area contributed by atoms with Crippen LogP contribution in [-0.4, -0.2) is 5.91 Å². The first-order chi connectivity index (χ1) is 11.2. The Morgan fingerprint density at radius 3 is 2.65 bits per heavy atom. The lowest BCUT2D eigenvalue weighted by Crippen LogP contribution is -2.10. The van der Waals surface area contributed by atoms with Gasteiger partial charge in [0, 0.05) is 10.7 Å². The van der Waals surface area contributed by atoms with Gasteiger partial charge in [-0.05, 0) is 42.5 Å². The molecule has 0 saturated heterocycles. The molecular weight excluding hydrogens is 314 g/mol. The fourth-order valence-electron chi connectivity index (χ4n) is 2.00. The zero-order valence-electron chi connectivity index (χ0n) is 12.2. The van der Waals surface area contributed by atoms with Crippen molar-refractivity contribution in [3.8, 4) is 5.75 Å². The lowest BCUT2D eigenvalue weighted by Gasteiger charge is -2.04. The Balaban J connectivity index is 1.60.